The highest BCUT2D eigenvalue weighted by Crippen LogP contribution is 2.13. The first-order valence-electron chi connectivity index (χ1n) is 9.25. The molecule has 6 heteroatoms. The maximum atomic E-state index is 5.49. The lowest BCUT2D eigenvalue weighted by atomic mass is 10.2. The van der Waals surface area contributed by atoms with Gasteiger partial charge in [0, 0.05) is 46.0 Å². The van der Waals surface area contributed by atoms with Gasteiger partial charge in [-0.25, -0.2) is 4.98 Å². The Kier molecular flexibility index (Phi) is 6.30. The number of rotatable bonds is 7. The Hall–Kier alpha value is -3.02. The summed E-state index contributed by atoms with van der Waals surface area (Å²) >= 11 is 0. The SMILES string of the molecule is CCOc1ccc(CN(C)C(=NC)NCCc2cn3ccccc3n2)cc1. The van der Waals surface area contributed by atoms with E-state index in [1.165, 1.54) is 5.56 Å². The van der Waals surface area contributed by atoms with Gasteiger partial charge in [0.1, 0.15) is 11.4 Å². The first-order valence-corrected chi connectivity index (χ1v) is 9.25. The Morgan fingerprint density at radius 1 is 1.22 bits per heavy atom. The predicted molar refractivity (Wildman–Crippen MR) is 109 cm³/mol. The molecule has 2 heterocycles. The summed E-state index contributed by atoms with van der Waals surface area (Å²) in [6, 6.07) is 14.2. The van der Waals surface area contributed by atoms with Gasteiger partial charge in [0.25, 0.3) is 0 Å². The monoisotopic (exact) mass is 365 g/mol. The summed E-state index contributed by atoms with van der Waals surface area (Å²) in [5, 5.41) is 3.42. The van der Waals surface area contributed by atoms with Crippen LogP contribution in [0.25, 0.3) is 5.65 Å². The van der Waals surface area contributed by atoms with Crippen LogP contribution in [0.5, 0.6) is 5.75 Å². The topological polar surface area (TPSA) is 54.2 Å². The van der Waals surface area contributed by atoms with E-state index in [4.69, 9.17) is 4.74 Å². The number of pyridine rings is 1. The second kappa shape index (κ2) is 9.07. The van der Waals surface area contributed by atoms with Crippen LogP contribution >= 0.6 is 0 Å². The predicted octanol–water partition coefficient (Wildman–Crippen LogP) is 2.98. The van der Waals surface area contributed by atoms with Crippen molar-refractivity contribution in [2.45, 2.75) is 19.9 Å². The molecular weight excluding hydrogens is 338 g/mol. The van der Waals surface area contributed by atoms with Crippen LogP contribution in [-0.2, 0) is 13.0 Å². The molecule has 0 radical (unpaired) electrons. The van der Waals surface area contributed by atoms with E-state index < -0.39 is 0 Å². The summed E-state index contributed by atoms with van der Waals surface area (Å²) in [5.41, 5.74) is 3.26. The summed E-state index contributed by atoms with van der Waals surface area (Å²) in [6.45, 7) is 4.23. The Bertz CT molecular complexity index is 852. The summed E-state index contributed by atoms with van der Waals surface area (Å²) in [6.07, 6.45) is 4.93. The summed E-state index contributed by atoms with van der Waals surface area (Å²) in [5.74, 6) is 1.77. The first kappa shape index (κ1) is 18.8. The number of aliphatic imine (C=N–C) groups is 1. The number of hydrogen-bond donors (Lipinski definition) is 1. The zero-order valence-corrected chi connectivity index (χ0v) is 16.2. The smallest absolute Gasteiger partial charge is 0.193 e. The number of hydrogen-bond acceptors (Lipinski definition) is 3. The number of benzene rings is 1. The molecule has 0 aliphatic rings. The fourth-order valence-electron chi connectivity index (χ4n) is 3.00. The molecule has 1 aromatic carbocycles. The van der Waals surface area contributed by atoms with Gasteiger partial charge in [-0.1, -0.05) is 18.2 Å². The molecule has 0 fully saturated rings. The van der Waals surface area contributed by atoms with E-state index in [1.54, 1.807) is 0 Å². The lowest BCUT2D eigenvalue weighted by molar-refractivity contribution is 0.340. The van der Waals surface area contributed by atoms with Gasteiger partial charge in [0.2, 0.25) is 0 Å². The van der Waals surface area contributed by atoms with Crippen molar-refractivity contribution < 1.29 is 4.74 Å². The number of fused-ring (bicyclic) bond motifs is 1. The molecule has 0 aliphatic carbocycles. The molecule has 0 saturated heterocycles. The second-order valence-electron chi connectivity index (χ2n) is 6.36. The minimum Gasteiger partial charge on any atom is -0.494 e. The van der Waals surface area contributed by atoms with Crippen LogP contribution in [-0.4, -0.2) is 47.5 Å². The summed E-state index contributed by atoms with van der Waals surface area (Å²) in [7, 11) is 3.85. The zero-order valence-electron chi connectivity index (χ0n) is 16.2. The molecule has 6 nitrogen and oxygen atoms in total. The number of nitrogens with zero attached hydrogens (tertiary/aromatic N) is 4. The van der Waals surface area contributed by atoms with Crippen LogP contribution < -0.4 is 10.1 Å². The molecule has 1 N–H and O–H groups in total. The van der Waals surface area contributed by atoms with Crippen LogP contribution in [0.3, 0.4) is 0 Å². The summed E-state index contributed by atoms with van der Waals surface area (Å²) in [4.78, 5) is 11.1. The highest BCUT2D eigenvalue weighted by atomic mass is 16.5. The van der Waals surface area contributed by atoms with Gasteiger partial charge in [-0.15, -0.1) is 0 Å². The second-order valence-corrected chi connectivity index (χ2v) is 6.36. The van der Waals surface area contributed by atoms with Crippen molar-refractivity contribution >= 4 is 11.6 Å². The highest BCUT2D eigenvalue weighted by Gasteiger charge is 2.07. The standard InChI is InChI=1S/C21H27N5O/c1-4-27-19-10-8-17(9-11-19)15-25(3)21(22-2)23-13-12-18-16-26-14-6-5-7-20(26)24-18/h5-11,14,16H,4,12-13,15H2,1-3H3,(H,22,23). The van der Waals surface area contributed by atoms with Crippen LogP contribution in [0.4, 0.5) is 0 Å². The number of nitrogens with one attached hydrogen (secondary N) is 1. The van der Waals surface area contributed by atoms with E-state index in [9.17, 15) is 0 Å². The van der Waals surface area contributed by atoms with E-state index in [0.29, 0.717) is 6.61 Å². The van der Waals surface area contributed by atoms with Gasteiger partial charge >= 0.3 is 0 Å². The van der Waals surface area contributed by atoms with Crippen molar-refractivity contribution in [1.29, 1.82) is 0 Å². The van der Waals surface area contributed by atoms with Crippen molar-refractivity contribution in [2.24, 2.45) is 4.99 Å². The molecule has 27 heavy (non-hydrogen) atoms. The van der Waals surface area contributed by atoms with Crippen molar-refractivity contribution in [3.05, 3.63) is 66.1 Å². The van der Waals surface area contributed by atoms with Crippen molar-refractivity contribution in [1.82, 2.24) is 19.6 Å². The molecule has 0 spiro atoms. The van der Waals surface area contributed by atoms with Crippen LogP contribution in [0.2, 0.25) is 0 Å². The zero-order chi connectivity index (χ0) is 19.1. The lowest BCUT2D eigenvalue weighted by Crippen LogP contribution is -2.39. The number of ether oxygens (including phenoxy) is 1. The fraction of sp³-hybridized carbons (Fsp3) is 0.333. The van der Waals surface area contributed by atoms with Crippen LogP contribution in [0.1, 0.15) is 18.2 Å². The highest BCUT2D eigenvalue weighted by molar-refractivity contribution is 5.79. The minimum atomic E-state index is 0.683. The maximum absolute atomic E-state index is 5.49. The number of aromatic nitrogens is 2. The fourth-order valence-corrected chi connectivity index (χ4v) is 3.00. The normalized spacial score (nSPS) is 11.6. The third-order valence-corrected chi connectivity index (χ3v) is 4.31. The van der Waals surface area contributed by atoms with Crippen LogP contribution in [0, 0.1) is 0 Å². The first-order chi connectivity index (χ1) is 13.2. The minimum absolute atomic E-state index is 0.683. The van der Waals surface area contributed by atoms with Gasteiger partial charge in [0.05, 0.1) is 12.3 Å². The average Bonchev–Trinajstić information content (AvgIpc) is 3.10. The van der Waals surface area contributed by atoms with Crippen molar-refractivity contribution in [3.8, 4) is 5.75 Å². The van der Waals surface area contributed by atoms with E-state index in [0.717, 1.165) is 42.6 Å². The molecular formula is C21H27N5O. The lowest BCUT2D eigenvalue weighted by Gasteiger charge is -2.22. The maximum Gasteiger partial charge on any atom is 0.193 e. The Morgan fingerprint density at radius 2 is 2.04 bits per heavy atom. The van der Waals surface area contributed by atoms with Gasteiger partial charge in [-0.2, -0.15) is 0 Å². The van der Waals surface area contributed by atoms with E-state index in [1.807, 2.05) is 61.9 Å². The molecule has 3 aromatic rings. The van der Waals surface area contributed by atoms with E-state index >= 15 is 0 Å². The third-order valence-electron chi connectivity index (χ3n) is 4.31. The van der Waals surface area contributed by atoms with Gasteiger partial charge in [-0.05, 0) is 36.8 Å². The molecule has 0 aliphatic heterocycles. The van der Waals surface area contributed by atoms with E-state index in [-0.39, 0.29) is 0 Å². The third kappa shape index (κ3) is 5.00. The molecule has 0 amide bonds. The molecule has 2 aromatic heterocycles. The summed E-state index contributed by atoms with van der Waals surface area (Å²) < 4.78 is 7.54. The van der Waals surface area contributed by atoms with E-state index in [2.05, 4.69) is 38.5 Å². The molecule has 3 rings (SSSR count). The Morgan fingerprint density at radius 3 is 2.74 bits per heavy atom. The number of guanidine groups is 1. The molecule has 142 valence electrons. The molecule has 0 bridgehead atoms. The average molecular weight is 365 g/mol. The molecule has 0 unspecified atom stereocenters. The number of imidazole rings is 1. The van der Waals surface area contributed by atoms with Crippen molar-refractivity contribution in [2.75, 3.05) is 27.2 Å². The largest absolute Gasteiger partial charge is 0.494 e. The quantitative estimate of drug-likeness (QED) is 0.517. The van der Waals surface area contributed by atoms with Crippen LogP contribution in [0.15, 0.2) is 59.9 Å². The molecule has 0 atom stereocenters. The van der Waals surface area contributed by atoms with Crippen molar-refractivity contribution in [3.63, 3.8) is 0 Å². The Labute approximate surface area is 160 Å². The van der Waals surface area contributed by atoms with Gasteiger partial charge < -0.3 is 19.4 Å². The Balaban J connectivity index is 1.51. The molecule has 0 saturated carbocycles. The van der Waals surface area contributed by atoms with Gasteiger partial charge in [0.15, 0.2) is 5.96 Å². The van der Waals surface area contributed by atoms with Gasteiger partial charge in [-0.3, -0.25) is 4.99 Å².